The molecule has 3 aliphatic rings. The van der Waals surface area contributed by atoms with E-state index in [0.717, 1.165) is 25.7 Å². The van der Waals surface area contributed by atoms with Crippen LogP contribution in [-0.2, 0) is 4.79 Å². The number of hydrogen-bond acceptors (Lipinski definition) is 1. The molecule has 0 bridgehead atoms. The lowest BCUT2D eigenvalue weighted by atomic mass is 9.78. The van der Waals surface area contributed by atoms with Gasteiger partial charge in [0.25, 0.3) is 0 Å². The molecule has 0 radical (unpaired) electrons. The van der Waals surface area contributed by atoms with Crippen molar-refractivity contribution in [1.29, 1.82) is 0 Å². The van der Waals surface area contributed by atoms with Crippen LogP contribution < -0.4 is 0 Å². The molecule has 0 unspecified atom stereocenters. The third-order valence-corrected chi connectivity index (χ3v) is 5.26. The first-order valence-corrected chi connectivity index (χ1v) is 6.66. The van der Waals surface area contributed by atoms with Gasteiger partial charge in [0.2, 0.25) is 0 Å². The first-order valence-electron chi connectivity index (χ1n) is 6.66. The molecule has 2 fully saturated rings. The smallest absolute Gasteiger partial charge is 0.143 e. The summed E-state index contributed by atoms with van der Waals surface area (Å²) in [5, 5.41) is 0. The monoisotopic (exact) mass is 228 g/mol. The van der Waals surface area contributed by atoms with Gasteiger partial charge in [-0.05, 0) is 43.4 Å². The fraction of sp³-hybridized carbons (Fsp3) is 0.562. The molecule has 2 saturated carbocycles. The molecule has 4 atom stereocenters. The number of carbonyl (C=O) groups excluding carboxylic acids is 1. The van der Waals surface area contributed by atoms with Crippen LogP contribution in [0.5, 0.6) is 0 Å². The van der Waals surface area contributed by atoms with E-state index in [1.54, 1.807) is 0 Å². The lowest BCUT2D eigenvalue weighted by molar-refractivity contribution is -0.129. The molecule has 0 aromatic heterocycles. The summed E-state index contributed by atoms with van der Waals surface area (Å²) in [7, 11) is 0. The number of Topliss-reactive ketones (excluding diaryl/α,β-unsaturated/α-hetero) is 1. The first kappa shape index (κ1) is 11.0. The predicted octanol–water partition coefficient (Wildman–Crippen LogP) is 3.54. The lowest BCUT2D eigenvalue weighted by Crippen LogP contribution is -2.28. The van der Waals surface area contributed by atoms with E-state index in [0.29, 0.717) is 23.5 Å². The highest BCUT2D eigenvalue weighted by Gasteiger charge is 2.58. The lowest BCUT2D eigenvalue weighted by Gasteiger charge is -2.24. The Bertz CT molecular complexity index is 396. The minimum absolute atomic E-state index is 0.0434. The Kier molecular flexibility index (Phi) is 2.39. The summed E-state index contributed by atoms with van der Waals surface area (Å²) in [6, 6.07) is 0. The minimum atomic E-state index is -0.0434. The average molecular weight is 228 g/mol. The second kappa shape index (κ2) is 3.69. The highest BCUT2D eigenvalue weighted by atomic mass is 16.1. The molecule has 3 rings (SSSR count). The van der Waals surface area contributed by atoms with Gasteiger partial charge < -0.3 is 0 Å². The maximum Gasteiger partial charge on any atom is 0.143 e. The van der Waals surface area contributed by atoms with Crippen molar-refractivity contribution >= 4 is 5.78 Å². The van der Waals surface area contributed by atoms with E-state index in [1.807, 2.05) is 6.08 Å². The van der Waals surface area contributed by atoms with Gasteiger partial charge in [0.1, 0.15) is 5.78 Å². The Morgan fingerprint density at radius 1 is 1.18 bits per heavy atom. The van der Waals surface area contributed by atoms with Gasteiger partial charge in [0, 0.05) is 11.3 Å². The van der Waals surface area contributed by atoms with Crippen molar-refractivity contribution in [2.24, 2.45) is 29.1 Å². The van der Waals surface area contributed by atoms with E-state index >= 15 is 0 Å². The number of rotatable bonds is 2. The summed E-state index contributed by atoms with van der Waals surface area (Å²) in [5.74, 6) is 2.18. The molecule has 0 saturated heterocycles. The highest BCUT2D eigenvalue weighted by Crippen LogP contribution is 2.59. The van der Waals surface area contributed by atoms with E-state index in [4.69, 9.17) is 0 Å². The van der Waals surface area contributed by atoms with Gasteiger partial charge >= 0.3 is 0 Å². The maximum absolute atomic E-state index is 12.7. The van der Waals surface area contributed by atoms with E-state index < -0.39 is 0 Å². The maximum atomic E-state index is 12.7. The van der Waals surface area contributed by atoms with Crippen LogP contribution in [0.4, 0.5) is 0 Å². The first-order chi connectivity index (χ1) is 8.22. The fourth-order valence-corrected chi connectivity index (χ4v) is 4.37. The van der Waals surface area contributed by atoms with Crippen molar-refractivity contribution < 1.29 is 4.79 Å². The van der Waals surface area contributed by atoms with Crippen LogP contribution in [0.25, 0.3) is 0 Å². The van der Waals surface area contributed by atoms with Gasteiger partial charge in [-0.3, -0.25) is 4.79 Å². The van der Waals surface area contributed by atoms with Crippen molar-refractivity contribution in [1.82, 2.24) is 0 Å². The molecule has 0 amide bonds. The predicted molar refractivity (Wildman–Crippen MR) is 69.4 cm³/mol. The molecule has 1 heteroatoms. The number of carbonyl (C=O) groups is 1. The molecular formula is C16H20O. The molecule has 0 heterocycles. The standard InChI is InChI=1S/C16H20O/c1-3-11-9-12(4-2)14-13(11)10-16(15(14)17)7-5-6-8-16/h3-6,11-14H,1-2,7-10H2/t11-,12+,13-,14+/m1/s1. The number of fused-ring (bicyclic) bond motifs is 1. The van der Waals surface area contributed by atoms with Crippen LogP contribution in [0.2, 0.25) is 0 Å². The molecule has 0 aromatic carbocycles. The van der Waals surface area contributed by atoms with Crippen molar-refractivity contribution in [3.8, 4) is 0 Å². The van der Waals surface area contributed by atoms with Gasteiger partial charge in [-0.1, -0.05) is 24.3 Å². The second-order valence-corrected chi connectivity index (χ2v) is 5.95. The van der Waals surface area contributed by atoms with E-state index in [-0.39, 0.29) is 11.3 Å². The topological polar surface area (TPSA) is 17.1 Å². The van der Waals surface area contributed by atoms with Crippen molar-refractivity contribution in [3.63, 3.8) is 0 Å². The third-order valence-electron chi connectivity index (χ3n) is 5.26. The van der Waals surface area contributed by atoms with Crippen LogP contribution in [0.15, 0.2) is 37.5 Å². The second-order valence-electron chi connectivity index (χ2n) is 5.95. The summed E-state index contributed by atoms with van der Waals surface area (Å²) in [6.07, 6.45) is 12.5. The van der Waals surface area contributed by atoms with Gasteiger partial charge in [-0.2, -0.15) is 0 Å². The summed E-state index contributed by atoms with van der Waals surface area (Å²) < 4.78 is 0. The Balaban J connectivity index is 1.94. The van der Waals surface area contributed by atoms with Gasteiger partial charge in [-0.15, -0.1) is 13.2 Å². The molecule has 3 aliphatic carbocycles. The summed E-state index contributed by atoms with van der Waals surface area (Å²) in [6.45, 7) is 7.87. The molecule has 1 nitrogen and oxygen atoms in total. The molecule has 0 aromatic rings. The Hall–Kier alpha value is -1.11. The normalized spacial score (nSPS) is 42.0. The Morgan fingerprint density at radius 2 is 1.82 bits per heavy atom. The molecule has 0 N–H and O–H groups in total. The third kappa shape index (κ3) is 1.34. The van der Waals surface area contributed by atoms with Crippen LogP contribution in [-0.4, -0.2) is 5.78 Å². The van der Waals surface area contributed by atoms with Crippen LogP contribution in [0, 0.1) is 29.1 Å². The Labute approximate surface area is 103 Å². The highest BCUT2D eigenvalue weighted by molar-refractivity contribution is 5.91. The molecule has 0 aliphatic heterocycles. The van der Waals surface area contributed by atoms with Crippen LogP contribution in [0.3, 0.4) is 0 Å². The van der Waals surface area contributed by atoms with Crippen molar-refractivity contribution in [2.75, 3.05) is 0 Å². The van der Waals surface area contributed by atoms with Crippen molar-refractivity contribution in [3.05, 3.63) is 37.5 Å². The van der Waals surface area contributed by atoms with E-state index in [2.05, 4.69) is 31.4 Å². The van der Waals surface area contributed by atoms with E-state index in [1.165, 1.54) is 0 Å². The average Bonchev–Trinajstić information content (AvgIpc) is 2.99. The SMILES string of the molecule is C=C[C@@H]1C[C@H](C=C)[C@@H]2C(=O)C3(CC=CC3)C[C@@H]21. The number of ketones is 1. The van der Waals surface area contributed by atoms with Crippen LogP contribution >= 0.6 is 0 Å². The summed E-state index contributed by atoms with van der Waals surface area (Å²) in [4.78, 5) is 12.7. The zero-order chi connectivity index (χ0) is 12.0. The number of allylic oxidation sites excluding steroid dienone is 4. The zero-order valence-corrected chi connectivity index (χ0v) is 10.3. The fourth-order valence-electron chi connectivity index (χ4n) is 4.37. The summed E-state index contributed by atoms with van der Waals surface area (Å²) in [5.41, 5.74) is -0.0434. The molecular weight excluding hydrogens is 208 g/mol. The zero-order valence-electron chi connectivity index (χ0n) is 10.3. The minimum Gasteiger partial charge on any atom is -0.299 e. The van der Waals surface area contributed by atoms with Crippen molar-refractivity contribution in [2.45, 2.75) is 25.7 Å². The number of hydrogen-bond donors (Lipinski definition) is 0. The Morgan fingerprint density at radius 3 is 2.41 bits per heavy atom. The quantitative estimate of drug-likeness (QED) is 0.661. The van der Waals surface area contributed by atoms with Gasteiger partial charge in [0.05, 0.1) is 0 Å². The van der Waals surface area contributed by atoms with E-state index in [9.17, 15) is 4.79 Å². The molecule has 1 spiro atoms. The largest absolute Gasteiger partial charge is 0.299 e. The van der Waals surface area contributed by atoms with Gasteiger partial charge in [0.15, 0.2) is 0 Å². The van der Waals surface area contributed by atoms with Crippen LogP contribution in [0.1, 0.15) is 25.7 Å². The van der Waals surface area contributed by atoms with Gasteiger partial charge in [-0.25, -0.2) is 0 Å². The molecule has 17 heavy (non-hydrogen) atoms. The summed E-state index contributed by atoms with van der Waals surface area (Å²) >= 11 is 0. The molecule has 90 valence electrons.